The summed E-state index contributed by atoms with van der Waals surface area (Å²) in [5.41, 5.74) is -2.03. The van der Waals surface area contributed by atoms with Gasteiger partial charge in [-0.05, 0) is 18.6 Å². The monoisotopic (exact) mass is 340 g/mol. The summed E-state index contributed by atoms with van der Waals surface area (Å²) in [6, 6.07) is 0. The highest BCUT2D eigenvalue weighted by molar-refractivity contribution is 6.00. The zero-order valence-electron chi connectivity index (χ0n) is 15.3. The third-order valence-corrected chi connectivity index (χ3v) is 5.11. The summed E-state index contributed by atoms with van der Waals surface area (Å²) in [5.74, 6) is -0.596. The highest BCUT2D eigenvalue weighted by atomic mass is 16.4. The van der Waals surface area contributed by atoms with Gasteiger partial charge in [0, 0.05) is 0 Å². The Labute approximate surface area is 147 Å². The Morgan fingerprint density at radius 3 is 1.83 bits per heavy atom. The van der Waals surface area contributed by atoms with Crippen molar-refractivity contribution in [1.82, 2.24) is 0 Å². The third kappa shape index (κ3) is 6.66. The fourth-order valence-corrected chi connectivity index (χ4v) is 3.36. The van der Waals surface area contributed by atoms with Crippen LogP contribution in [-0.4, -0.2) is 38.9 Å². The van der Waals surface area contributed by atoms with Crippen molar-refractivity contribution in [2.75, 3.05) is 0 Å². The maximum atomic E-state index is 11.6. The van der Waals surface area contributed by atoms with Gasteiger partial charge >= 0.3 is 0 Å². The molecule has 0 unspecified atom stereocenters. The normalized spacial score (nSPS) is 24.7. The average Bonchev–Trinajstić information content (AvgIpc) is 2.84. The number of unbranched alkanes of at least 4 members (excludes halogenated alkanes) is 11. The first-order valence-electron chi connectivity index (χ1n) is 9.84. The summed E-state index contributed by atoms with van der Waals surface area (Å²) in [7, 11) is 0. The first-order valence-corrected chi connectivity index (χ1v) is 9.84. The molecule has 0 spiro atoms. The van der Waals surface area contributed by atoms with Crippen LogP contribution in [0.4, 0.5) is 0 Å². The molecule has 0 aliphatic heterocycles. The summed E-state index contributed by atoms with van der Waals surface area (Å²) in [6.07, 6.45) is 15.0. The summed E-state index contributed by atoms with van der Waals surface area (Å²) < 4.78 is 0. The van der Waals surface area contributed by atoms with E-state index in [0.717, 1.165) is 25.3 Å². The molecule has 4 heteroatoms. The van der Waals surface area contributed by atoms with E-state index in [2.05, 4.69) is 6.92 Å². The first kappa shape index (κ1) is 21.3. The van der Waals surface area contributed by atoms with Gasteiger partial charge in [0.1, 0.15) is 6.10 Å². The molecule has 4 nitrogen and oxygen atoms in total. The van der Waals surface area contributed by atoms with E-state index in [-0.39, 0.29) is 0 Å². The lowest BCUT2D eigenvalue weighted by Crippen LogP contribution is -2.54. The van der Waals surface area contributed by atoms with Crippen LogP contribution in [0.1, 0.15) is 90.4 Å². The number of rotatable bonds is 14. The van der Waals surface area contributed by atoms with Gasteiger partial charge in [-0.25, -0.2) is 0 Å². The van der Waals surface area contributed by atoms with Gasteiger partial charge in [0.05, 0.1) is 6.10 Å². The lowest BCUT2D eigenvalue weighted by molar-refractivity contribution is -0.158. The first-order chi connectivity index (χ1) is 11.5. The van der Waals surface area contributed by atoms with Crippen molar-refractivity contribution in [3.8, 4) is 0 Å². The van der Waals surface area contributed by atoms with Crippen molar-refractivity contribution >= 4 is 5.78 Å². The molecule has 0 heterocycles. The van der Waals surface area contributed by atoms with Gasteiger partial charge in [-0.3, -0.25) is 4.79 Å². The highest BCUT2D eigenvalue weighted by Gasteiger charge is 2.50. The van der Waals surface area contributed by atoms with Gasteiger partial charge in [0.2, 0.25) is 0 Å². The fourth-order valence-electron chi connectivity index (χ4n) is 3.36. The Hall–Kier alpha value is -0.710. The second-order valence-corrected chi connectivity index (χ2v) is 7.19. The zero-order valence-corrected chi connectivity index (χ0v) is 15.3. The summed E-state index contributed by atoms with van der Waals surface area (Å²) in [5, 5.41) is 29.9. The molecule has 140 valence electrons. The van der Waals surface area contributed by atoms with E-state index in [0.29, 0.717) is 6.42 Å². The van der Waals surface area contributed by atoms with E-state index < -0.39 is 23.6 Å². The van der Waals surface area contributed by atoms with Gasteiger partial charge in [-0.2, -0.15) is 0 Å². The Morgan fingerprint density at radius 1 is 0.958 bits per heavy atom. The van der Waals surface area contributed by atoms with Crippen LogP contribution in [0.15, 0.2) is 12.2 Å². The topological polar surface area (TPSA) is 77.8 Å². The lowest BCUT2D eigenvalue weighted by atomic mass is 9.87. The molecular formula is C20H36O4. The standard InChI is InChI=1S/C20H36O4/c1-2-3-4-5-6-7-8-9-10-11-12-13-14-17(21)20(24)18(22)15-16-19(20)23/h15-18,21-22,24H,2-14H2,1H3/t17-,18+,20+/m1/s1. The Morgan fingerprint density at radius 2 is 1.42 bits per heavy atom. The minimum absolute atomic E-state index is 0.346. The maximum absolute atomic E-state index is 11.6. The van der Waals surface area contributed by atoms with E-state index in [1.807, 2.05) is 0 Å². The molecule has 3 atom stereocenters. The predicted molar refractivity (Wildman–Crippen MR) is 96.8 cm³/mol. The van der Waals surface area contributed by atoms with Crippen molar-refractivity contribution in [2.24, 2.45) is 0 Å². The molecule has 3 N–H and O–H groups in total. The summed E-state index contributed by atoms with van der Waals surface area (Å²) in [4.78, 5) is 11.6. The molecule has 0 saturated carbocycles. The number of aliphatic hydroxyl groups excluding tert-OH is 2. The van der Waals surface area contributed by atoms with Gasteiger partial charge in [0.25, 0.3) is 0 Å². The molecule has 1 aliphatic carbocycles. The van der Waals surface area contributed by atoms with E-state index in [1.165, 1.54) is 63.9 Å². The molecule has 0 radical (unpaired) electrons. The smallest absolute Gasteiger partial charge is 0.192 e. The van der Waals surface area contributed by atoms with Crippen molar-refractivity contribution in [3.63, 3.8) is 0 Å². The molecule has 1 rings (SSSR count). The van der Waals surface area contributed by atoms with Gasteiger partial charge in [-0.1, -0.05) is 84.0 Å². The lowest BCUT2D eigenvalue weighted by Gasteiger charge is -2.30. The number of hydrogen-bond acceptors (Lipinski definition) is 4. The predicted octanol–water partition coefficient (Wildman–Crippen LogP) is 3.67. The number of ketones is 1. The number of carbonyl (C=O) groups is 1. The van der Waals surface area contributed by atoms with Crippen LogP contribution in [0, 0.1) is 0 Å². The van der Waals surface area contributed by atoms with E-state index >= 15 is 0 Å². The molecule has 0 bridgehead atoms. The van der Waals surface area contributed by atoms with Gasteiger partial charge in [0.15, 0.2) is 11.4 Å². The van der Waals surface area contributed by atoms with Crippen molar-refractivity contribution in [1.29, 1.82) is 0 Å². The SMILES string of the molecule is CCCCCCCCCCCCCC[C@@H](O)[C@@]1(O)C(=O)C=C[C@@H]1O. The molecule has 24 heavy (non-hydrogen) atoms. The molecule has 0 fully saturated rings. The van der Waals surface area contributed by atoms with Crippen LogP contribution in [0.3, 0.4) is 0 Å². The van der Waals surface area contributed by atoms with Crippen LogP contribution in [0.5, 0.6) is 0 Å². The molecule has 0 aromatic carbocycles. The summed E-state index contributed by atoms with van der Waals surface area (Å²) in [6.45, 7) is 2.24. The highest BCUT2D eigenvalue weighted by Crippen LogP contribution is 2.27. The largest absolute Gasteiger partial charge is 0.390 e. The van der Waals surface area contributed by atoms with E-state index in [9.17, 15) is 20.1 Å². The van der Waals surface area contributed by atoms with E-state index in [4.69, 9.17) is 0 Å². The molecular weight excluding hydrogens is 304 g/mol. The minimum atomic E-state index is -2.03. The number of aliphatic hydroxyl groups is 3. The molecule has 0 saturated heterocycles. The maximum Gasteiger partial charge on any atom is 0.192 e. The summed E-state index contributed by atoms with van der Waals surface area (Å²) >= 11 is 0. The van der Waals surface area contributed by atoms with Crippen molar-refractivity contribution < 1.29 is 20.1 Å². The second-order valence-electron chi connectivity index (χ2n) is 7.19. The average molecular weight is 341 g/mol. The molecule has 0 aromatic heterocycles. The van der Waals surface area contributed by atoms with Crippen LogP contribution in [0.25, 0.3) is 0 Å². The fraction of sp³-hybridized carbons (Fsp3) is 0.850. The van der Waals surface area contributed by atoms with Crippen LogP contribution >= 0.6 is 0 Å². The minimum Gasteiger partial charge on any atom is -0.390 e. The number of carbonyl (C=O) groups excluding carboxylic acids is 1. The number of hydrogen-bond donors (Lipinski definition) is 3. The van der Waals surface area contributed by atoms with Crippen LogP contribution in [-0.2, 0) is 4.79 Å². The van der Waals surface area contributed by atoms with Crippen molar-refractivity contribution in [2.45, 2.75) is 108 Å². The van der Waals surface area contributed by atoms with Crippen LogP contribution < -0.4 is 0 Å². The molecule has 1 aliphatic rings. The molecule has 0 aromatic rings. The van der Waals surface area contributed by atoms with Crippen molar-refractivity contribution in [3.05, 3.63) is 12.2 Å². The quantitative estimate of drug-likeness (QED) is 0.422. The Kier molecular flexibility index (Phi) is 10.5. The van der Waals surface area contributed by atoms with Gasteiger partial charge < -0.3 is 15.3 Å². The van der Waals surface area contributed by atoms with Gasteiger partial charge in [-0.15, -0.1) is 0 Å². The zero-order chi connectivity index (χ0) is 17.8. The Bertz CT molecular complexity index is 380. The molecule has 0 amide bonds. The van der Waals surface area contributed by atoms with E-state index in [1.54, 1.807) is 0 Å². The van der Waals surface area contributed by atoms with Crippen LogP contribution in [0.2, 0.25) is 0 Å². The third-order valence-electron chi connectivity index (χ3n) is 5.11. The Balaban J connectivity index is 1.96. The second kappa shape index (κ2) is 11.8.